The molecule has 0 radical (unpaired) electrons. The first-order valence-corrected chi connectivity index (χ1v) is 8.23. The van der Waals surface area contributed by atoms with Crippen LogP contribution in [0.5, 0.6) is 5.75 Å². The molecule has 0 saturated carbocycles. The molecule has 1 amide bonds. The molecule has 1 aliphatic heterocycles. The van der Waals surface area contributed by atoms with Gasteiger partial charge in [0, 0.05) is 17.5 Å². The fraction of sp³-hybridized carbons (Fsp3) is 0.312. The first-order chi connectivity index (χ1) is 11.1. The summed E-state index contributed by atoms with van der Waals surface area (Å²) in [4.78, 5) is 29.2. The van der Waals surface area contributed by atoms with Gasteiger partial charge in [-0.25, -0.2) is 9.78 Å². The van der Waals surface area contributed by atoms with E-state index in [9.17, 15) is 9.59 Å². The summed E-state index contributed by atoms with van der Waals surface area (Å²) in [6, 6.07) is 6.03. The minimum absolute atomic E-state index is 0.249. The summed E-state index contributed by atoms with van der Waals surface area (Å²) in [7, 11) is 0. The number of hydrogen-bond donors (Lipinski definition) is 1. The molecule has 7 heteroatoms. The molecular formula is C16H16N2O4S. The van der Waals surface area contributed by atoms with Crippen LogP contribution in [0.4, 0.5) is 0 Å². The Bertz CT molecular complexity index is 685. The van der Waals surface area contributed by atoms with Gasteiger partial charge in [0.1, 0.15) is 18.4 Å². The van der Waals surface area contributed by atoms with Crippen molar-refractivity contribution in [1.82, 2.24) is 9.88 Å². The summed E-state index contributed by atoms with van der Waals surface area (Å²) < 4.78 is 5.60. The van der Waals surface area contributed by atoms with Gasteiger partial charge < -0.3 is 14.7 Å². The van der Waals surface area contributed by atoms with Crippen LogP contribution in [0, 0.1) is 0 Å². The van der Waals surface area contributed by atoms with Crippen molar-refractivity contribution < 1.29 is 19.4 Å². The Morgan fingerprint density at radius 2 is 2.13 bits per heavy atom. The van der Waals surface area contributed by atoms with Crippen molar-refractivity contribution in [2.75, 3.05) is 6.54 Å². The molecule has 0 bridgehead atoms. The summed E-state index contributed by atoms with van der Waals surface area (Å²) >= 11 is 1.51. The molecule has 1 aliphatic rings. The lowest BCUT2D eigenvalue weighted by atomic mass is 10.1. The van der Waals surface area contributed by atoms with Gasteiger partial charge in [0.25, 0.3) is 5.91 Å². The zero-order valence-electron chi connectivity index (χ0n) is 12.3. The Hall–Kier alpha value is -2.41. The molecule has 23 heavy (non-hydrogen) atoms. The number of nitrogens with zero attached hydrogens (tertiary/aromatic N) is 2. The number of hydrogen-bond acceptors (Lipinski definition) is 5. The van der Waals surface area contributed by atoms with E-state index in [2.05, 4.69) is 4.98 Å². The highest BCUT2D eigenvalue weighted by atomic mass is 32.1. The molecule has 1 fully saturated rings. The highest BCUT2D eigenvalue weighted by molar-refractivity contribution is 7.07. The van der Waals surface area contributed by atoms with E-state index in [1.807, 2.05) is 5.38 Å². The number of aromatic nitrogens is 1. The summed E-state index contributed by atoms with van der Waals surface area (Å²) in [5, 5.41) is 11.1. The number of benzene rings is 1. The van der Waals surface area contributed by atoms with Crippen LogP contribution in [-0.4, -0.2) is 39.5 Å². The molecule has 0 spiro atoms. The summed E-state index contributed by atoms with van der Waals surface area (Å²) in [5.74, 6) is -0.550. The number of carbonyl (C=O) groups is 2. The fourth-order valence-corrected chi connectivity index (χ4v) is 3.14. The maximum Gasteiger partial charge on any atom is 0.326 e. The van der Waals surface area contributed by atoms with Gasteiger partial charge in [-0.1, -0.05) is 0 Å². The quantitative estimate of drug-likeness (QED) is 0.909. The predicted molar refractivity (Wildman–Crippen MR) is 84.6 cm³/mol. The van der Waals surface area contributed by atoms with Crippen molar-refractivity contribution in [2.45, 2.75) is 25.5 Å². The van der Waals surface area contributed by atoms with Crippen LogP contribution in [-0.2, 0) is 11.4 Å². The number of likely N-dealkylation sites (tertiary alicyclic amines) is 1. The average molecular weight is 332 g/mol. The Morgan fingerprint density at radius 3 is 2.78 bits per heavy atom. The molecule has 2 aromatic rings. The number of amides is 1. The topological polar surface area (TPSA) is 79.7 Å². The van der Waals surface area contributed by atoms with E-state index in [-0.39, 0.29) is 5.91 Å². The number of aliphatic carboxylic acids is 1. The normalized spacial score (nSPS) is 17.2. The second-order valence-electron chi connectivity index (χ2n) is 5.29. The highest BCUT2D eigenvalue weighted by Crippen LogP contribution is 2.22. The van der Waals surface area contributed by atoms with Crippen molar-refractivity contribution in [3.05, 3.63) is 46.4 Å². The lowest BCUT2D eigenvalue weighted by Crippen LogP contribution is -2.40. The second kappa shape index (κ2) is 6.78. The van der Waals surface area contributed by atoms with Crippen LogP contribution < -0.4 is 4.74 Å². The summed E-state index contributed by atoms with van der Waals surface area (Å²) in [6.45, 7) is 0.863. The second-order valence-corrected chi connectivity index (χ2v) is 6.01. The van der Waals surface area contributed by atoms with E-state index in [1.165, 1.54) is 16.2 Å². The van der Waals surface area contributed by atoms with Crippen molar-refractivity contribution in [1.29, 1.82) is 0 Å². The smallest absolute Gasteiger partial charge is 0.326 e. The SMILES string of the molecule is O=C(O)C1CCCN1C(=O)c1ccc(OCc2cscn2)cc1. The fourth-order valence-electron chi connectivity index (χ4n) is 2.59. The molecule has 6 nitrogen and oxygen atoms in total. The van der Waals surface area contributed by atoms with Crippen LogP contribution in [0.25, 0.3) is 0 Å². The Kier molecular flexibility index (Phi) is 4.57. The van der Waals surface area contributed by atoms with E-state index in [4.69, 9.17) is 9.84 Å². The molecule has 1 aromatic carbocycles. The zero-order valence-corrected chi connectivity index (χ0v) is 13.2. The Labute approximate surface area is 137 Å². The van der Waals surface area contributed by atoms with Crippen molar-refractivity contribution in [3.63, 3.8) is 0 Å². The zero-order chi connectivity index (χ0) is 16.2. The maximum absolute atomic E-state index is 12.4. The minimum atomic E-state index is -0.945. The first kappa shape index (κ1) is 15.5. The molecule has 1 aromatic heterocycles. The van der Waals surface area contributed by atoms with Crippen LogP contribution in [0.1, 0.15) is 28.9 Å². The van der Waals surface area contributed by atoms with Crippen molar-refractivity contribution in [2.24, 2.45) is 0 Å². The predicted octanol–water partition coefficient (Wildman–Crippen LogP) is 2.41. The number of ether oxygens (including phenoxy) is 1. The number of carboxylic acids is 1. The number of carbonyl (C=O) groups excluding carboxylic acids is 1. The summed E-state index contributed by atoms with van der Waals surface area (Å²) in [6.07, 6.45) is 1.23. The minimum Gasteiger partial charge on any atom is -0.487 e. The molecule has 1 atom stereocenters. The van der Waals surface area contributed by atoms with E-state index in [0.717, 1.165) is 12.1 Å². The van der Waals surface area contributed by atoms with Gasteiger partial charge in [0.2, 0.25) is 0 Å². The Morgan fingerprint density at radius 1 is 1.35 bits per heavy atom. The van der Waals surface area contributed by atoms with Crippen LogP contribution in [0.2, 0.25) is 0 Å². The molecule has 1 N–H and O–H groups in total. The lowest BCUT2D eigenvalue weighted by Gasteiger charge is -2.21. The van der Waals surface area contributed by atoms with E-state index in [1.54, 1.807) is 29.8 Å². The molecule has 2 heterocycles. The van der Waals surface area contributed by atoms with Gasteiger partial charge in [-0.3, -0.25) is 4.79 Å². The van der Waals surface area contributed by atoms with Gasteiger partial charge in [-0.15, -0.1) is 11.3 Å². The monoisotopic (exact) mass is 332 g/mol. The number of thiazole rings is 1. The third-order valence-electron chi connectivity index (χ3n) is 3.77. The standard InChI is InChI=1S/C16H16N2O4S/c19-15(18-7-1-2-14(18)16(20)21)11-3-5-13(6-4-11)22-8-12-9-23-10-17-12/h3-6,9-10,14H,1-2,7-8H2,(H,20,21). The van der Waals surface area contributed by atoms with Crippen LogP contribution >= 0.6 is 11.3 Å². The molecule has 3 rings (SSSR count). The van der Waals surface area contributed by atoms with E-state index < -0.39 is 12.0 Å². The van der Waals surface area contributed by atoms with Crippen molar-refractivity contribution in [3.8, 4) is 5.75 Å². The molecule has 120 valence electrons. The maximum atomic E-state index is 12.4. The van der Waals surface area contributed by atoms with Crippen molar-refractivity contribution >= 4 is 23.2 Å². The number of carboxylic acid groups (broad SMARTS) is 1. The number of rotatable bonds is 5. The van der Waals surface area contributed by atoms with Gasteiger partial charge in [-0.2, -0.15) is 0 Å². The van der Waals surface area contributed by atoms with E-state index >= 15 is 0 Å². The molecular weight excluding hydrogens is 316 g/mol. The molecule has 1 saturated heterocycles. The van der Waals surface area contributed by atoms with Gasteiger partial charge in [0.15, 0.2) is 0 Å². The summed E-state index contributed by atoms with van der Waals surface area (Å²) in [5.41, 5.74) is 3.07. The largest absolute Gasteiger partial charge is 0.487 e. The van der Waals surface area contributed by atoms with E-state index in [0.29, 0.717) is 30.9 Å². The Balaban J connectivity index is 1.64. The van der Waals surface area contributed by atoms with Gasteiger partial charge >= 0.3 is 5.97 Å². The molecule has 1 unspecified atom stereocenters. The highest BCUT2D eigenvalue weighted by Gasteiger charge is 2.34. The van der Waals surface area contributed by atoms with Gasteiger partial charge in [-0.05, 0) is 37.1 Å². The first-order valence-electron chi connectivity index (χ1n) is 7.29. The van der Waals surface area contributed by atoms with Crippen LogP contribution in [0.3, 0.4) is 0 Å². The van der Waals surface area contributed by atoms with Crippen LogP contribution in [0.15, 0.2) is 35.2 Å². The van der Waals surface area contributed by atoms with Gasteiger partial charge in [0.05, 0.1) is 11.2 Å². The average Bonchev–Trinajstić information content (AvgIpc) is 3.24. The third kappa shape index (κ3) is 3.50. The third-order valence-corrected chi connectivity index (χ3v) is 4.41. The lowest BCUT2D eigenvalue weighted by molar-refractivity contribution is -0.141. The molecule has 0 aliphatic carbocycles.